The SMILES string of the molecule is CCC(CC)(C(N)c1ccc(OC)cc1OC)N(C)C. The zero-order valence-electron chi connectivity index (χ0n) is 13.6. The Balaban J connectivity index is 3.28. The molecule has 114 valence electrons. The van der Waals surface area contributed by atoms with Crippen molar-refractivity contribution < 1.29 is 9.47 Å². The molecule has 1 atom stereocenters. The van der Waals surface area contributed by atoms with E-state index in [2.05, 4.69) is 32.8 Å². The number of nitrogens with zero attached hydrogens (tertiary/aromatic N) is 1. The summed E-state index contributed by atoms with van der Waals surface area (Å²) < 4.78 is 10.7. The fourth-order valence-electron chi connectivity index (χ4n) is 2.97. The zero-order valence-corrected chi connectivity index (χ0v) is 13.6. The molecule has 0 aliphatic rings. The number of hydrogen-bond acceptors (Lipinski definition) is 4. The Kier molecular flexibility index (Phi) is 5.84. The van der Waals surface area contributed by atoms with Gasteiger partial charge in [0, 0.05) is 17.2 Å². The lowest BCUT2D eigenvalue weighted by atomic mass is 9.80. The van der Waals surface area contributed by atoms with Crippen molar-refractivity contribution in [3.63, 3.8) is 0 Å². The maximum Gasteiger partial charge on any atom is 0.127 e. The quantitative estimate of drug-likeness (QED) is 0.834. The summed E-state index contributed by atoms with van der Waals surface area (Å²) in [6.07, 6.45) is 1.96. The summed E-state index contributed by atoms with van der Waals surface area (Å²) in [4.78, 5) is 2.22. The smallest absolute Gasteiger partial charge is 0.127 e. The first kappa shape index (κ1) is 16.8. The molecule has 0 aromatic heterocycles. The molecular formula is C16H28N2O2. The van der Waals surface area contributed by atoms with Gasteiger partial charge in [0.2, 0.25) is 0 Å². The minimum Gasteiger partial charge on any atom is -0.497 e. The van der Waals surface area contributed by atoms with Crippen LogP contribution in [0.4, 0.5) is 0 Å². The van der Waals surface area contributed by atoms with Gasteiger partial charge in [0.05, 0.1) is 20.3 Å². The predicted octanol–water partition coefficient (Wildman–Crippen LogP) is 2.82. The molecule has 0 fully saturated rings. The number of likely N-dealkylation sites (N-methyl/N-ethyl adjacent to an activating group) is 1. The molecule has 0 aliphatic heterocycles. The Bertz CT molecular complexity index is 428. The van der Waals surface area contributed by atoms with Crippen molar-refractivity contribution in [2.75, 3.05) is 28.3 Å². The van der Waals surface area contributed by atoms with Crippen molar-refractivity contribution >= 4 is 0 Å². The Labute approximate surface area is 122 Å². The van der Waals surface area contributed by atoms with Crippen LogP contribution in [0.3, 0.4) is 0 Å². The van der Waals surface area contributed by atoms with E-state index in [0.29, 0.717) is 0 Å². The fraction of sp³-hybridized carbons (Fsp3) is 0.625. The summed E-state index contributed by atoms with van der Waals surface area (Å²) in [5.74, 6) is 1.56. The molecule has 1 aromatic rings. The highest BCUT2D eigenvalue weighted by molar-refractivity contribution is 5.43. The molecule has 1 rings (SSSR count). The second kappa shape index (κ2) is 6.95. The number of methoxy groups -OCH3 is 2. The van der Waals surface area contributed by atoms with Crippen molar-refractivity contribution in [2.24, 2.45) is 5.73 Å². The molecule has 0 bridgehead atoms. The maximum absolute atomic E-state index is 6.60. The van der Waals surface area contributed by atoms with E-state index < -0.39 is 0 Å². The van der Waals surface area contributed by atoms with E-state index in [1.165, 1.54) is 0 Å². The molecule has 0 radical (unpaired) electrons. The zero-order chi connectivity index (χ0) is 15.3. The molecule has 0 amide bonds. The van der Waals surface area contributed by atoms with Gasteiger partial charge in [0.25, 0.3) is 0 Å². The third kappa shape index (κ3) is 2.91. The third-order valence-electron chi connectivity index (χ3n) is 4.47. The average molecular weight is 280 g/mol. The van der Waals surface area contributed by atoms with Gasteiger partial charge in [-0.15, -0.1) is 0 Å². The Morgan fingerprint density at radius 3 is 2.15 bits per heavy atom. The van der Waals surface area contributed by atoms with E-state index in [9.17, 15) is 0 Å². The maximum atomic E-state index is 6.60. The lowest BCUT2D eigenvalue weighted by Crippen LogP contribution is -2.51. The highest BCUT2D eigenvalue weighted by Crippen LogP contribution is 2.39. The molecule has 20 heavy (non-hydrogen) atoms. The molecule has 1 aromatic carbocycles. The van der Waals surface area contributed by atoms with Gasteiger partial charge in [0.15, 0.2) is 0 Å². The van der Waals surface area contributed by atoms with Gasteiger partial charge in [0.1, 0.15) is 11.5 Å². The van der Waals surface area contributed by atoms with Crippen molar-refractivity contribution in [1.29, 1.82) is 0 Å². The molecule has 0 spiro atoms. The van der Waals surface area contributed by atoms with E-state index in [1.807, 2.05) is 18.2 Å². The van der Waals surface area contributed by atoms with Gasteiger partial charge in [-0.2, -0.15) is 0 Å². The molecule has 4 nitrogen and oxygen atoms in total. The molecule has 0 saturated carbocycles. The first-order valence-electron chi connectivity index (χ1n) is 7.11. The minimum absolute atomic E-state index is 0.0815. The van der Waals surface area contributed by atoms with E-state index >= 15 is 0 Å². The van der Waals surface area contributed by atoms with Gasteiger partial charge in [-0.1, -0.05) is 19.9 Å². The Morgan fingerprint density at radius 2 is 1.75 bits per heavy atom. The van der Waals surface area contributed by atoms with Gasteiger partial charge >= 0.3 is 0 Å². The first-order valence-corrected chi connectivity index (χ1v) is 7.11. The molecule has 2 N–H and O–H groups in total. The molecule has 0 aliphatic carbocycles. The van der Waals surface area contributed by atoms with Crippen LogP contribution in [0.25, 0.3) is 0 Å². The summed E-state index contributed by atoms with van der Waals surface area (Å²) in [5.41, 5.74) is 7.54. The van der Waals surface area contributed by atoms with Crippen molar-refractivity contribution in [1.82, 2.24) is 4.90 Å². The first-order chi connectivity index (χ1) is 9.46. The molecule has 0 heterocycles. The lowest BCUT2D eigenvalue weighted by molar-refractivity contribution is 0.104. The van der Waals surface area contributed by atoms with Crippen LogP contribution in [-0.4, -0.2) is 38.8 Å². The van der Waals surface area contributed by atoms with Gasteiger partial charge in [-0.05, 0) is 33.0 Å². The highest BCUT2D eigenvalue weighted by Gasteiger charge is 2.37. The van der Waals surface area contributed by atoms with Crippen molar-refractivity contribution in [3.05, 3.63) is 23.8 Å². The molecule has 1 unspecified atom stereocenters. The van der Waals surface area contributed by atoms with Crippen LogP contribution in [-0.2, 0) is 0 Å². The number of hydrogen-bond donors (Lipinski definition) is 1. The number of nitrogens with two attached hydrogens (primary N) is 1. The van der Waals surface area contributed by atoms with Crippen LogP contribution in [0, 0.1) is 0 Å². The monoisotopic (exact) mass is 280 g/mol. The van der Waals surface area contributed by atoms with Gasteiger partial charge in [-0.25, -0.2) is 0 Å². The standard InChI is InChI=1S/C16H28N2O2/c1-7-16(8-2,18(3)4)15(17)13-10-9-12(19-5)11-14(13)20-6/h9-11,15H,7-8,17H2,1-6H3. The summed E-state index contributed by atoms with van der Waals surface area (Å²) in [6.45, 7) is 4.36. The fourth-order valence-corrected chi connectivity index (χ4v) is 2.97. The molecule has 0 saturated heterocycles. The van der Waals surface area contributed by atoms with Crippen molar-refractivity contribution in [3.8, 4) is 11.5 Å². The van der Waals surface area contributed by atoms with E-state index in [-0.39, 0.29) is 11.6 Å². The summed E-state index contributed by atoms with van der Waals surface area (Å²) in [6, 6.07) is 5.71. The van der Waals surface area contributed by atoms with Crippen LogP contribution in [0.15, 0.2) is 18.2 Å². The van der Waals surface area contributed by atoms with Crippen LogP contribution >= 0.6 is 0 Å². The lowest BCUT2D eigenvalue weighted by Gasteiger charge is -2.44. The Hall–Kier alpha value is -1.26. The third-order valence-corrected chi connectivity index (χ3v) is 4.47. The minimum atomic E-state index is -0.117. The summed E-state index contributed by atoms with van der Waals surface area (Å²) in [5, 5.41) is 0. The summed E-state index contributed by atoms with van der Waals surface area (Å²) in [7, 11) is 7.49. The normalized spacial score (nSPS) is 13.4. The van der Waals surface area contributed by atoms with E-state index in [1.54, 1.807) is 14.2 Å². The highest BCUT2D eigenvalue weighted by atomic mass is 16.5. The summed E-state index contributed by atoms with van der Waals surface area (Å²) >= 11 is 0. The van der Waals surface area contributed by atoms with Gasteiger partial charge < -0.3 is 20.1 Å². The number of ether oxygens (including phenoxy) is 2. The van der Waals surface area contributed by atoms with Crippen LogP contribution in [0.5, 0.6) is 11.5 Å². The van der Waals surface area contributed by atoms with Crippen LogP contribution in [0.2, 0.25) is 0 Å². The number of benzene rings is 1. The van der Waals surface area contributed by atoms with Crippen LogP contribution < -0.4 is 15.2 Å². The van der Waals surface area contributed by atoms with Crippen LogP contribution in [0.1, 0.15) is 38.3 Å². The Morgan fingerprint density at radius 1 is 1.15 bits per heavy atom. The largest absolute Gasteiger partial charge is 0.497 e. The number of rotatable bonds is 7. The van der Waals surface area contributed by atoms with E-state index in [4.69, 9.17) is 15.2 Å². The predicted molar refractivity (Wildman–Crippen MR) is 83.5 cm³/mol. The molecular weight excluding hydrogens is 252 g/mol. The second-order valence-corrected chi connectivity index (χ2v) is 5.29. The molecule has 4 heteroatoms. The van der Waals surface area contributed by atoms with Crippen molar-refractivity contribution in [2.45, 2.75) is 38.3 Å². The topological polar surface area (TPSA) is 47.7 Å². The second-order valence-electron chi connectivity index (χ2n) is 5.29. The average Bonchev–Trinajstić information content (AvgIpc) is 2.47. The van der Waals surface area contributed by atoms with Gasteiger partial charge in [-0.3, -0.25) is 0 Å². The van der Waals surface area contributed by atoms with E-state index in [0.717, 1.165) is 29.9 Å².